The Kier molecular flexibility index (Phi) is 5.21. The van der Waals surface area contributed by atoms with Crippen LogP contribution in [0.3, 0.4) is 0 Å². The van der Waals surface area contributed by atoms with Gasteiger partial charge in [0.25, 0.3) is 0 Å². The average Bonchev–Trinajstić information content (AvgIpc) is 2.45. The molecule has 0 saturated carbocycles. The lowest BCUT2D eigenvalue weighted by atomic mass is 9.99. The fourth-order valence-corrected chi connectivity index (χ4v) is 2.34. The summed E-state index contributed by atoms with van der Waals surface area (Å²) in [6.07, 6.45) is 2.76. The third-order valence-electron chi connectivity index (χ3n) is 3.34. The molecule has 1 aliphatic rings. The van der Waals surface area contributed by atoms with Crippen molar-refractivity contribution in [2.24, 2.45) is 5.92 Å². The van der Waals surface area contributed by atoms with E-state index in [4.69, 9.17) is 9.47 Å². The molecular weight excluding hydrogens is 287 g/mol. The van der Waals surface area contributed by atoms with Gasteiger partial charge in [0.15, 0.2) is 0 Å². The zero-order chi connectivity index (χ0) is 16.2. The monoisotopic (exact) mass is 310 g/mol. The number of ether oxygens (including phenoxy) is 2. The SMILES string of the molecule is CC(C)(C)OC(=O)N1CCCC(COc2ccc(F)cn2)C1. The van der Waals surface area contributed by atoms with Crippen molar-refractivity contribution in [3.05, 3.63) is 24.1 Å². The van der Waals surface area contributed by atoms with E-state index in [-0.39, 0.29) is 17.8 Å². The topological polar surface area (TPSA) is 51.7 Å². The van der Waals surface area contributed by atoms with Crippen molar-refractivity contribution in [3.63, 3.8) is 0 Å². The lowest BCUT2D eigenvalue weighted by Crippen LogP contribution is -2.44. The number of hydrogen-bond acceptors (Lipinski definition) is 4. The van der Waals surface area contributed by atoms with Gasteiger partial charge in [-0.15, -0.1) is 0 Å². The molecule has 0 aromatic carbocycles. The highest BCUT2D eigenvalue weighted by molar-refractivity contribution is 5.68. The Morgan fingerprint density at radius 3 is 2.86 bits per heavy atom. The molecule has 1 aromatic heterocycles. The predicted molar refractivity (Wildman–Crippen MR) is 80.2 cm³/mol. The summed E-state index contributed by atoms with van der Waals surface area (Å²) >= 11 is 0. The van der Waals surface area contributed by atoms with Gasteiger partial charge in [0.05, 0.1) is 12.8 Å². The minimum atomic E-state index is -0.488. The first-order valence-electron chi connectivity index (χ1n) is 7.56. The number of aromatic nitrogens is 1. The first kappa shape index (κ1) is 16.5. The summed E-state index contributed by atoms with van der Waals surface area (Å²) in [5.41, 5.74) is -0.488. The third-order valence-corrected chi connectivity index (χ3v) is 3.34. The summed E-state index contributed by atoms with van der Waals surface area (Å²) < 4.78 is 23.7. The zero-order valence-corrected chi connectivity index (χ0v) is 13.3. The van der Waals surface area contributed by atoms with Gasteiger partial charge in [0.2, 0.25) is 5.88 Å². The second kappa shape index (κ2) is 6.94. The summed E-state index contributed by atoms with van der Waals surface area (Å²) in [5, 5.41) is 0. The molecule has 1 saturated heterocycles. The molecule has 0 N–H and O–H groups in total. The Bertz CT molecular complexity index is 499. The maximum atomic E-state index is 12.8. The highest BCUT2D eigenvalue weighted by Gasteiger charge is 2.27. The van der Waals surface area contributed by atoms with E-state index in [1.807, 2.05) is 20.8 Å². The van der Waals surface area contributed by atoms with Crippen LogP contribution in [-0.2, 0) is 4.74 Å². The fourth-order valence-electron chi connectivity index (χ4n) is 2.34. The van der Waals surface area contributed by atoms with E-state index < -0.39 is 5.60 Å². The van der Waals surface area contributed by atoms with Crippen molar-refractivity contribution in [2.45, 2.75) is 39.2 Å². The summed E-state index contributed by atoms with van der Waals surface area (Å²) in [4.78, 5) is 17.7. The summed E-state index contributed by atoms with van der Waals surface area (Å²) in [5.74, 6) is 0.241. The standard InChI is InChI=1S/C16H23FN2O3/c1-16(2,3)22-15(20)19-8-4-5-12(10-19)11-21-14-7-6-13(17)9-18-14/h6-7,9,12H,4-5,8,10-11H2,1-3H3. The van der Waals surface area contributed by atoms with Crippen LogP contribution in [0.4, 0.5) is 9.18 Å². The van der Waals surface area contributed by atoms with Crippen molar-refractivity contribution < 1.29 is 18.7 Å². The average molecular weight is 310 g/mol. The van der Waals surface area contributed by atoms with E-state index in [1.165, 1.54) is 12.1 Å². The van der Waals surface area contributed by atoms with Crippen LogP contribution >= 0.6 is 0 Å². The van der Waals surface area contributed by atoms with Gasteiger partial charge in [-0.05, 0) is 39.7 Å². The van der Waals surface area contributed by atoms with E-state index in [0.717, 1.165) is 19.0 Å². The van der Waals surface area contributed by atoms with Crippen LogP contribution in [0, 0.1) is 11.7 Å². The van der Waals surface area contributed by atoms with Crippen molar-refractivity contribution in [3.8, 4) is 5.88 Å². The summed E-state index contributed by atoms with van der Waals surface area (Å²) in [6.45, 7) is 7.34. The van der Waals surface area contributed by atoms with Gasteiger partial charge in [-0.25, -0.2) is 14.2 Å². The van der Waals surface area contributed by atoms with Crippen molar-refractivity contribution in [2.75, 3.05) is 19.7 Å². The molecule has 0 radical (unpaired) electrons. The van der Waals surface area contributed by atoms with E-state index >= 15 is 0 Å². The van der Waals surface area contributed by atoms with Gasteiger partial charge in [-0.2, -0.15) is 0 Å². The highest BCUT2D eigenvalue weighted by atomic mass is 19.1. The number of nitrogens with zero attached hydrogens (tertiary/aromatic N) is 2. The van der Waals surface area contributed by atoms with Gasteiger partial charge >= 0.3 is 6.09 Å². The maximum absolute atomic E-state index is 12.8. The highest BCUT2D eigenvalue weighted by Crippen LogP contribution is 2.20. The van der Waals surface area contributed by atoms with E-state index in [1.54, 1.807) is 4.90 Å². The molecule has 1 fully saturated rings. The Morgan fingerprint density at radius 2 is 2.23 bits per heavy atom. The number of carbonyl (C=O) groups excluding carboxylic acids is 1. The van der Waals surface area contributed by atoms with E-state index in [9.17, 15) is 9.18 Å². The molecule has 1 atom stereocenters. The van der Waals surface area contributed by atoms with Crippen LogP contribution in [0.25, 0.3) is 0 Å². The summed E-state index contributed by atoms with van der Waals surface area (Å²) in [7, 11) is 0. The van der Waals surface area contributed by atoms with Gasteiger partial charge in [-0.1, -0.05) is 0 Å². The van der Waals surface area contributed by atoms with Gasteiger partial charge in [0.1, 0.15) is 11.4 Å². The molecule has 122 valence electrons. The number of amides is 1. The normalized spacial score (nSPS) is 18.9. The van der Waals surface area contributed by atoms with Crippen molar-refractivity contribution >= 4 is 6.09 Å². The van der Waals surface area contributed by atoms with Gasteiger partial charge < -0.3 is 14.4 Å². The van der Waals surface area contributed by atoms with Crippen LogP contribution in [-0.4, -0.2) is 41.3 Å². The van der Waals surface area contributed by atoms with Crippen molar-refractivity contribution in [1.29, 1.82) is 0 Å². The molecule has 0 spiro atoms. The molecule has 2 heterocycles. The Labute approximate surface area is 130 Å². The number of likely N-dealkylation sites (tertiary alicyclic amines) is 1. The summed E-state index contributed by atoms with van der Waals surface area (Å²) in [6, 6.07) is 2.82. The zero-order valence-electron chi connectivity index (χ0n) is 13.3. The lowest BCUT2D eigenvalue weighted by molar-refractivity contribution is 0.0138. The molecule has 1 amide bonds. The Balaban J connectivity index is 1.82. The quantitative estimate of drug-likeness (QED) is 0.860. The van der Waals surface area contributed by atoms with E-state index in [0.29, 0.717) is 25.6 Å². The molecule has 1 unspecified atom stereocenters. The van der Waals surface area contributed by atoms with Gasteiger partial charge in [-0.3, -0.25) is 0 Å². The Morgan fingerprint density at radius 1 is 1.45 bits per heavy atom. The van der Waals surface area contributed by atoms with Gasteiger partial charge in [0, 0.05) is 25.1 Å². The first-order chi connectivity index (χ1) is 10.3. The number of pyridine rings is 1. The van der Waals surface area contributed by atoms with Crippen LogP contribution in [0.15, 0.2) is 18.3 Å². The fraction of sp³-hybridized carbons (Fsp3) is 0.625. The molecule has 5 nitrogen and oxygen atoms in total. The second-order valence-corrected chi connectivity index (χ2v) is 6.56. The molecular formula is C16H23FN2O3. The molecule has 22 heavy (non-hydrogen) atoms. The molecule has 0 aliphatic carbocycles. The van der Waals surface area contributed by atoms with Crippen LogP contribution in [0.2, 0.25) is 0 Å². The van der Waals surface area contributed by atoms with Crippen molar-refractivity contribution in [1.82, 2.24) is 9.88 Å². The number of piperidine rings is 1. The third kappa shape index (κ3) is 5.16. The number of carbonyl (C=O) groups is 1. The molecule has 0 bridgehead atoms. The largest absolute Gasteiger partial charge is 0.477 e. The maximum Gasteiger partial charge on any atom is 0.410 e. The minimum Gasteiger partial charge on any atom is -0.477 e. The molecule has 1 aliphatic heterocycles. The molecule has 1 aromatic rings. The smallest absolute Gasteiger partial charge is 0.410 e. The molecule has 6 heteroatoms. The van der Waals surface area contributed by atoms with E-state index in [2.05, 4.69) is 4.98 Å². The number of hydrogen-bond donors (Lipinski definition) is 0. The minimum absolute atomic E-state index is 0.230. The number of halogens is 1. The lowest BCUT2D eigenvalue weighted by Gasteiger charge is -2.33. The Hall–Kier alpha value is -1.85. The van der Waals surface area contributed by atoms with Crippen LogP contribution < -0.4 is 4.74 Å². The van der Waals surface area contributed by atoms with Crippen LogP contribution in [0.1, 0.15) is 33.6 Å². The number of rotatable bonds is 3. The molecule has 2 rings (SSSR count). The second-order valence-electron chi connectivity index (χ2n) is 6.56. The predicted octanol–water partition coefficient (Wildman–Crippen LogP) is 3.25. The van der Waals surface area contributed by atoms with Crippen LogP contribution in [0.5, 0.6) is 5.88 Å². The first-order valence-corrected chi connectivity index (χ1v) is 7.56.